The van der Waals surface area contributed by atoms with E-state index in [4.69, 9.17) is 9.47 Å². The van der Waals surface area contributed by atoms with Crippen LogP contribution in [0.3, 0.4) is 0 Å². The summed E-state index contributed by atoms with van der Waals surface area (Å²) in [6, 6.07) is 0. The molecular weight excluding hydrogens is 511 g/mol. The van der Waals surface area contributed by atoms with Crippen LogP contribution >= 0.6 is 0 Å². The standard InChI is InChI=1S/C19H24F5N2O6S2/c1-3-31-16-13(20)15(26-11-9-7-5-6-8-10-12-26)14(21)17(32-4-2)18(16)33(27,28)25-34(29,30)19(22,23)24/h5-6H,3-4,7-12H2,1-2H3/q-1/b6-5-. The number of sulfonamides is 2. The molecule has 1 aliphatic rings. The highest BCUT2D eigenvalue weighted by molar-refractivity contribution is 8.12. The summed E-state index contributed by atoms with van der Waals surface area (Å²) in [6.45, 7) is 2.21. The minimum Gasteiger partial charge on any atom is -0.489 e. The minimum atomic E-state index is -6.57. The van der Waals surface area contributed by atoms with Crippen LogP contribution in [0.4, 0.5) is 27.6 Å². The zero-order chi connectivity index (χ0) is 25.7. The molecule has 1 heterocycles. The van der Waals surface area contributed by atoms with Gasteiger partial charge >= 0.3 is 5.51 Å². The summed E-state index contributed by atoms with van der Waals surface area (Å²) in [6.07, 6.45) is 6.09. The summed E-state index contributed by atoms with van der Waals surface area (Å²) in [5.41, 5.74) is -6.75. The van der Waals surface area contributed by atoms with Crippen molar-refractivity contribution in [3.63, 3.8) is 0 Å². The average molecular weight is 536 g/mol. The monoisotopic (exact) mass is 535 g/mol. The van der Waals surface area contributed by atoms with Gasteiger partial charge in [0.1, 0.15) is 20.6 Å². The summed E-state index contributed by atoms with van der Waals surface area (Å²) >= 11 is 0. The van der Waals surface area contributed by atoms with Crippen molar-refractivity contribution in [3.05, 3.63) is 27.9 Å². The second-order valence-electron chi connectivity index (χ2n) is 7.04. The molecule has 0 atom stereocenters. The van der Waals surface area contributed by atoms with Crippen molar-refractivity contribution in [1.82, 2.24) is 0 Å². The molecule has 0 N–H and O–H groups in total. The lowest BCUT2D eigenvalue weighted by molar-refractivity contribution is -0.0425. The van der Waals surface area contributed by atoms with Gasteiger partial charge in [0.25, 0.3) is 0 Å². The van der Waals surface area contributed by atoms with Crippen LogP contribution in [0.15, 0.2) is 17.0 Å². The van der Waals surface area contributed by atoms with Crippen molar-refractivity contribution < 1.29 is 48.3 Å². The number of benzene rings is 1. The van der Waals surface area contributed by atoms with Gasteiger partial charge < -0.3 is 18.5 Å². The maximum atomic E-state index is 15.6. The fourth-order valence-corrected chi connectivity index (χ4v) is 5.69. The van der Waals surface area contributed by atoms with E-state index in [0.717, 1.165) is 0 Å². The number of rotatable bonds is 8. The molecule has 2 rings (SSSR count). The number of hydrogen-bond acceptors (Lipinski definition) is 7. The molecule has 0 fully saturated rings. The Bertz CT molecular complexity index is 1080. The van der Waals surface area contributed by atoms with Crippen molar-refractivity contribution >= 4 is 25.7 Å². The molecule has 34 heavy (non-hydrogen) atoms. The highest BCUT2D eigenvalue weighted by Crippen LogP contribution is 2.47. The molecule has 0 radical (unpaired) electrons. The molecule has 0 spiro atoms. The molecule has 0 aromatic heterocycles. The maximum absolute atomic E-state index is 15.6. The van der Waals surface area contributed by atoms with E-state index in [1.54, 1.807) is 0 Å². The number of nitrogens with zero attached hydrogens (tertiary/aromatic N) is 2. The molecule has 1 aromatic rings. The van der Waals surface area contributed by atoms with Crippen LogP contribution in [0.1, 0.15) is 39.5 Å². The predicted octanol–water partition coefficient (Wildman–Crippen LogP) is 4.61. The number of anilines is 1. The summed E-state index contributed by atoms with van der Waals surface area (Å²) in [5, 5.41) is 0. The summed E-state index contributed by atoms with van der Waals surface area (Å²) < 4.78 is 130. The molecule has 8 nitrogen and oxygen atoms in total. The van der Waals surface area contributed by atoms with Crippen LogP contribution in [0, 0.1) is 11.6 Å². The minimum absolute atomic E-state index is 0.175. The van der Waals surface area contributed by atoms with E-state index in [2.05, 4.69) is 0 Å². The Morgan fingerprint density at radius 2 is 1.35 bits per heavy atom. The molecular formula is C19H24F5N2O6S2-. The smallest absolute Gasteiger partial charge is 0.480 e. The van der Waals surface area contributed by atoms with Gasteiger partial charge in [0, 0.05) is 13.1 Å². The average Bonchev–Trinajstić information content (AvgIpc) is 2.84. The third-order valence-electron chi connectivity index (χ3n) is 4.63. The van der Waals surface area contributed by atoms with Crippen molar-refractivity contribution in [1.29, 1.82) is 0 Å². The molecule has 0 saturated carbocycles. The van der Waals surface area contributed by atoms with Gasteiger partial charge in [-0.15, -0.1) is 0 Å². The molecule has 1 aliphatic heterocycles. The largest absolute Gasteiger partial charge is 0.489 e. The van der Waals surface area contributed by atoms with E-state index in [-0.39, 0.29) is 26.3 Å². The van der Waals surface area contributed by atoms with Crippen LogP contribution in [0.5, 0.6) is 11.5 Å². The first-order valence-electron chi connectivity index (χ1n) is 10.3. The maximum Gasteiger partial charge on any atom is 0.480 e. The van der Waals surface area contributed by atoms with Crippen LogP contribution in [0.25, 0.3) is 4.13 Å². The van der Waals surface area contributed by atoms with Crippen molar-refractivity contribution in [2.75, 3.05) is 31.2 Å². The van der Waals surface area contributed by atoms with Gasteiger partial charge in [-0.2, -0.15) is 13.2 Å². The Morgan fingerprint density at radius 1 is 0.912 bits per heavy atom. The number of alkyl halides is 3. The van der Waals surface area contributed by atoms with E-state index in [9.17, 15) is 30.0 Å². The molecule has 0 saturated heterocycles. The van der Waals surface area contributed by atoms with Crippen LogP contribution in [-0.4, -0.2) is 48.6 Å². The van der Waals surface area contributed by atoms with Gasteiger partial charge in [0.2, 0.25) is 0 Å². The molecule has 1 aromatic carbocycles. The van der Waals surface area contributed by atoms with Crippen molar-refractivity contribution in [2.45, 2.75) is 49.9 Å². The van der Waals surface area contributed by atoms with Crippen LogP contribution in [0.2, 0.25) is 0 Å². The number of halogens is 5. The first-order valence-corrected chi connectivity index (χ1v) is 13.2. The Hall–Kier alpha value is -2.13. The molecule has 0 aliphatic carbocycles. The highest BCUT2D eigenvalue weighted by atomic mass is 32.3. The molecule has 194 valence electrons. The van der Waals surface area contributed by atoms with Gasteiger partial charge in [0.05, 0.1) is 13.2 Å². The van der Waals surface area contributed by atoms with E-state index < -0.39 is 59.3 Å². The first kappa shape index (κ1) is 28.1. The topological polar surface area (TPSA) is 104 Å². The second kappa shape index (κ2) is 11.1. The van der Waals surface area contributed by atoms with Gasteiger partial charge in [0.15, 0.2) is 33.2 Å². The Labute approximate surface area is 194 Å². The molecule has 0 bridgehead atoms. The predicted molar refractivity (Wildman–Crippen MR) is 114 cm³/mol. The van der Waals surface area contributed by atoms with Crippen molar-refractivity contribution in [2.24, 2.45) is 0 Å². The molecule has 15 heteroatoms. The Morgan fingerprint density at radius 3 is 1.74 bits per heavy atom. The fourth-order valence-electron chi connectivity index (χ4n) is 3.25. The number of allylic oxidation sites excluding steroid dienone is 2. The zero-order valence-electron chi connectivity index (χ0n) is 18.4. The summed E-state index contributed by atoms with van der Waals surface area (Å²) in [4.78, 5) is -0.253. The van der Waals surface area contributed by atoms with E-state index in [0.29, 0.717) is 25.7 Å². The summed E-state index contributed by atoms with van der Waals surface area (Å²) in [5.74, 6) is -5.40. The highest BCUT2D eigenvalue weighted by Gasteiger charge is 2.42. The van der Waals surface area contributed by atoms with E-state index in [1.165, 1.54) is 18.7 Å². The van der Waals surface area contributed by atoms with E-state index in [1.807, 2.05) is 16.3 Å². The zero-order valence-corrected chi connectivity index (χ0v) is 20.0. The van der Waals surface area contributed by atoms with Gasteiger partial charge in [-0.05, 0) is 39.5 Å². The van der Waals surface area contributed by atoms with Crippen molar-refractivity contribution in [3.8, 4) is 11.5 Å². The Kier molecular flexibility index (Phi) is 9.16. The van der Waals surface area contributed by atoms with Crippen LogP contribution < -0.4 is 14.4 Å². The number of ether oxygens (including phenoxy) is 2. The summed E-state index contributed by atoms with van der Waals surface area (Å²) in [7, 11) is -12.4. The lowest BCUT2D eigenvalue weighted by Gasteiger charge is -2.30. The van der Waals surface area contributed by atoms with Gasteiger partial charge in [-0.1, -0.05) is 12.2 Å². The number of hydrogen-bond donors (Lipinski definition) is 0. The van der Waals surface area contributed by atoms with E-state index >= 15 is 8.78 Å². The fraction of sp³-hybridized carbons (Fsp3) is 0.579. The normalized spacial score (nSPS) is 17.0. The second-order valence-corrected chi connectivity index (χ2v) is 10.4. The van der Waals surface area contributed by atoms with Crippen LogP contribution in [-0.2, 0) is 20.0 Å². The first-order chi connectivity index (χ1) is 15.8. The quantitative estimate of drug-likeness (QED) is 0.354. The molecule has 0 unspecified atom stereocenters. The lowest BCUT2D eigenvalue weighted by Crippen LogP contribution is -2.29. The SMILES string of the molecule is CCOc1c(F)c(N2CCC/C=C\CCC2)c(F)c(OCC)c1S(=O)(=O)[N-]S(=O)(=O)C(F)(F)F. The Balaban J connectivity index is 2.79. The lowest BCUT2D eigenvalue weighted by atomic mass is 10.2. The van der Waals surface area contributed by atoms with Gasteiger partial charge in [-0.3, -0.25) is 0 Å². The van der Waals surface area contributed by atoms with Gasteiger partial charge in [-0.25, -0.2) is 25.6 Å². The third kappa shape index (κ3) is 6.10. The molecule has 0 amide bonds. The third-order valence-corrected chi connectivity index (χ3v) is 7.67.